The van der Waals surface area contributed by atoms with Gasteiger partial charge in [0.05, 0.1) is 0 Å². The molecule has 1 aromatic rings. The van der Waals surface area contributed by atoms with Crippen LogP contribution < -0.4 is 10.1 Å². The second-order valence-electron chi connectivity index (χ2n) is 3.78. The molecule has 3 heteroatoms. The van der Waals surface area contributed by atoms with Crippen LogP contribution in [-0.4, -0.2) is 12.6 Å². The number of halogens is 1. The fourth-order valence-corrected chi connectivity index (χ4v) is 1.95. The van der Waals surface area contributed by atoms with Crippen molar-refractivity contribution in [2.45, 2.75) is 25.9 Å². The highest BCUT2D eigenvalue weighted by Crippen LogP contribution is 2.30. The Bertz CT molecular complexity index is 340. The second kappa shape index (κ2) is 3.79. The fourth-order valence-electron chi connectivity index (χ4n) is 1.77. The lowest BCUT2D eigenvalue weighted by molar-refractivity contribution is 0.284. The maximum absolute atomic E-state index is 5.95. The lowest BCUT2D eigenvalue weighted by atomic mass is 10.1. The molecule has 0 saturated carbocycles. The average molecular weight is 212 g/mol. The summed E-state index contributed by atoms with van der Waals surface area (Å²) in [5, 5.41) is 4.20. The van der Waals surface area contributed by atoms with Gasteiger partial charge >= 0.3 is 0 Å². The third-order valence-electron chi connectivity index (χ3n) is 2.46. The molecule has 0 bridgehead atoms. The molecule has 0 amide bonds. The van der Waals surface area contributed by atoms with Crippen LogP contribution in [0.5, 0.6) is 5.75 Å². The van der Waals surface area contributed by atoms with E-state index in [9.17, 15) is 0 Å². The zero-order chi connectivity index (χ0) is 10.1. The summed E-state index contributed by atoms with van der Waals surface area (Å²) in [6.07, 6.45) is 0. The Hall–Kier alpha value is -0.730. The molecule has 1 aromatic carbocycles. The molecule has 0 spiro atoms. The minimum absolute atomic E-state index is 0.293. The molecule has 1 aliphatic rings. The molecule has 2 unspecified atom stereocenters. The molecule has 14 heavy (non-hydrogen) atoms. The Balaban J connectivity index is 2.39. The highest BCUT2D eigenvalue weighted by molar-refractivity contribution is 6.30. The first-order chi connectivity index (χ1) is 6.66. The SMILES string of the molecule is CC1COc2ccc(Cl)cc2C(C)N1. The van der Waals surface area contributed by atoms with E-state index < -0.39 is 0 Å². The molecule has 0 saturated heterocycles. The maximum Gasteiger partial charge on any atom is 0.124 e. The Kier molecular flexibility index (Phi) is 2.66. The quantitative estimate of drug-likeness (QED) is 0.713. The molecule has 0 aromatic heterocycles. The van der Waals surface area contributed by atoms with Gasteiger partial charge in [0.15, 0.2) is 0 Å². The first kappa shape index (κ1) is 9.81. The predicted molar refractivity (Wildman–Crippen MR) is 58.0 cm³/mol. The second-order valence-corrected chi connectivity index (χ2v) is 4.22. The van der Waals surface area contributed by atoms with E-state index in [1.165, 1.54) is 0 Å². The van der Waals surface area contributed by atoms with Crippen LogP contribution in [0.1, 0.15) is 25.5 Å². The minimum atomic E-state index is 0.293. The standard InChI is InChI=1S/C11H14ClNO/c1-7-6-14-11-4-3-9(12)5-10(11)8(2)13-7/h3-5,7-8,13H,6H2,1-2H3. The molecule has 1 aliphatic heterocycles. The van der Waals surface area contributed by atoms with Crippen LogP contribution >= 0.6 is 11.6 Å². The van der Waals surface area contributed by atoms with Crippen LogP contribution in [0.2, 0.25) is 5.02 Å². The van der Waals surface area contributed by atoms with Crippen molar-refractivity contribution in [1.82, 2.24) is 5.32 Å². The minimum Gasteiger partial charge on any atom is -0.492 e. The number of ether oxygens (including phenoxy) is 1. The van der Waals surface area contributed by atoms with Gasteiger partial charge in [-0.25, -0.2) is 0 Å². The molecule has 0 radical (unpaired) electrons. The molecule has 2 atom stereocenters. The Labute approximate surface area is 89.2 Å². The maximum atomic E-state index is 5.95. The van der Waals surface area contributed by atoms with E-state index in [-0.39, 0.29) is 0 Å². The summed E-state index contributed by atoms with van der Waals surface area (Å²) in [6, 6.07) is 6.43. The van der Waals surface area contributed by atoms with Crippen molar-refractivity contribution in [1.29, 1.82) is 0 Å². The number of hydrogen-bond acceptors (Lipinski definition) is 2. The molecule has 2 nitrogen and oxygen atoms in total. The third kappa shape index (κ3) is 1.86. The zero-order valence-electron chi connectivity index (χ0n) is 8.38. The lowest BCUT2D eigenvalue weighted by Gasteiger charge is -2.14. The van der Waals surface area contributed by atoms with Crippen molar-refractivity contribution in [2.75, 3.05) is 6.61 Å². The van der Waals surface area contributed by atoms with Crippen LogP contribution in [0.4, 0.5) is 0 Å². The van der Waals surface area contributed by atoms with Gasteiger partial charge in [0, 0.05) is 22.7 Å². The topological polar surface area (TPSA) is 21.3 Å². The molecular weight excluding hydrogens is 198 g/mol. The van der Waals surface area contributed by atoms with E-state index in [1.807, 2.05) is 18.2 Å². The van der Waals surface area contributed by atoms with E-state index >= 15 is 0 Å². The van der Waals surface area contributed by atoms with Crippen molar-refractivity contribution < 1.29 is 4.74 Å². The van der Waals surface area contributed by atoms with Crippen molar-refractivity contribution in [3.63, 3.8) is 0 Å². The summed E-state index contributed by atoms with van der Waals surface area (Å²) in [5.41, 5.74) is 1.14. The molecule has 0 aliphatic carbocycles. The smallest absolute Gasteiger partial charge is 0.124 e. The summed E-state index contributed by atoms with van der Waals surface area (Å²) in [4.78, 5) is 0. The number of fused-ring (bicyclic) bond motifs is 1. The van der Waals surface area contributed by atoms with Gasteiger partial charge in [-0.05, 0) is 32.0 Å². The third-order valence-corrected chi connectivity index (χ3v) is 2.70. The summed E-state index contributed by atoms with van der Waals surface area (Å²) in [6.45, 7) is 4.95. The van der Waals surface area contributed by atoms with Gasteiger partial charge in [-0.15, -0.1) is 0 Å². The van der Waals surface area contributed by atoms with Crippen LogP contribution in [0.25, 0.3) is 0 Å². The molecule has 76 valence electrons. The first-order valence-electron chi connectivity index (χ1n) is 4.85. The number of benzene rings is 1. The Morgan fingerprint density at radius 1 is 1.43 bits per heavy atom. The van der Waals surface area contributed by atoms with Crippen molar-refractivity contribution in [3.8, 4) is 5.75 Å². The van der Waals surface area contributed by atoms with E-state index in [4.69, 9.17) is 16.3 Å². The van der Waals surface area contributed by atoms with E-state index in [0.29, 0.717) is 18.7 Å². The normalized spacial score (nSPS) is 26.2. The number of rotatable bonds is 0. The predicted octanol–water partition coefficient (Wildman–Crippen LogP) is 2.77. The monoisotopic (exact) mass is 211 g/mol. The summed E-state index contributed by atoms with van der Waals surface area (Å²) < 4.78 is 5.66. The van der Waals surface area contributed by atoms with Gasteiger partial charge in [-0.2, -0.15) is 0 Å². The zero-order valence-corrected chi connectivity index (χ0v) is 9.14. The average Bonchev–Trinajstić information content (AvgIpc) is 2.27. The summed E-state index contributed by atoms with van der Waals surface area (Å²) in [7, 11) is 0. The number of hydrogen-bond donors (Lipinski definition) is 1. The molecule has 0 fully saturated rings. The number of nitrogens with one attached hydrogen (secondary N) is 1. The van der Waals surface area contributed by atoms with Crippen LogP contribution in [0.15, 0.2) is 18.2 Å². The van der Waals surface area contributed by atoms with E-state index in [0.717, 1.165) is 16.3 Å². The highest BCUT2D eigenvalue weighted by atomic mass is 35.5. The van der Waals surface area contributed by atoms with E-state index in [2.05, 4.69) is 19.2 Å². The Morgan fingerprint density at radius 2 is 2.21 bits per heavy atom. The largest absolute Gasteiger partial charge is 0.492 e. The Morgan fingerprint density at radius 3 is 3.00 bits per heavy atom. The van der Waals surface area contributed by atoms with Crippen molar-refractivity contribution in [2.24, 2.45) is 0 Å². The van der Waals surface area contributed by atoms with Gasteiger partial charge in [0.1, 0.15) is 12.4 Å². The van der Waals surface area contributed by atoms with Gasteiger partial charge < -0.3 is 10.1 Å². The fraction of sp³-hybridized carbons (Fsp3) is 0.455. The van der Waals surface area contributed by atoms with Crippen LogP contribution in [0, 0.1) is 0 Å². The summed E-state index contributed by atoms with van der Waals surface area (Å²) >= 11 is 5.95. The van der Waals surface area contributed by atoms with Gasteiger partial charge in [-0.1, -0.05) is 11.6 Å². The highest BCUT2D eigenvalue weighted by Gasteiger charge is 2.19. The van der Waals surface area contributed by atoms with Crippen LogP contribution in [0.3, 0.4) is 0 Å². The van der Waals surface area contributed by atoms with Gasteiger partial charge in [0.25, 0.3) is 0 Å². The van der Waals surface area contributed by atoms with Crippen molar-refractivity contribution >= 4 is 11.6 Å². The molecule has 2 rings (SSSR count). The molecule has 1 heterocycles. The van der Waals surface area contributed by atoms with Crippen LogP contribution in [-0.2, 0) is 0 Å². The van der Waals surface area contributed by atoms with E-state index in [1.54, 1.807) is 0 Å². The van der Waals surface area contributed by atoms with Gasteiger partial charge in [-0.3, -0.25) is 0 Å². The molecule has 1 N–H and O–H groups in total. The molecular formula is C11H14ClNO. The lowest BCUT2D eigenvalue weighted by Crippen LogP contribution is -2.30. The first-order valence-corrected chi connectivity index (χ1v) is 5.23. The van der Waals surface area contributed by atoms with Crippen molar-refractivity contribution in [3.05, 3.63) is 28.8 Å². The summed E-state index contributed by atoms with van der Waals surface area (Å²) in [5.74, 6) is 0.943. The van der Waals surface area contributed by atoms with Gasteiger partial charge in [0.2, 0.25) is 0 Å².